The summed E-state index contributed by atoms with van der Waals surface area (Å²) in [6.45, 7) is 7.96. The van der Waals surface area contributed by atoms with Gasteiger partial charge in [0.05, 0.1) is 0 Å². The van der Waals surface area contributed by atoms with Crippen molar-refractivity contribution in [1.82, 2.24) is 15.2 Å². The number of anilines is 1. The normalized spacial score (nSPS) is 15.1. The van der Waals surface area contributed by atoms with E-state index in [1.54, 1.807) is 18.3 Å². The Kier molecular flexibility index (Phi) is 6.47. The average Bonchev–Trinajstić information content (AvgIpc) is 2.65. The molecule has 0 unspecified atom stereocenters. The summed E-state index contributed by atoms with van der Waals surface area (Å²) in [5.41, 5.74) is 2.98. The molecular weight excluding hydrogens is 348 g/mol. The molecule has 1 fully saturated rings. The Morgan fingerprint density at radius 3 is 2.73 bits per heavy atom. The Bertz CT molecular complexity index is 744. The van der Waals surface area contributed by atoms with Gasteiger partial charge in [-0.15, -0.1) is 0 Å². The van der Waals surface area contributed by atoms with Crippen molar-refractivity contribution >= 4 is 23.2 Å². The zero-order chi connectivity index (χ0) is 18.4. The van der Waals surface area contributed by atoms with E-state index < -0.39 is 0 Å². The van der Waals surface area contributed by atoms with Crippen molar-refractivity contribution in [3.8, 4) is 0 Å². The molecule has 0 bridgehead atoms. The van der Waals surface area contributed by atoms with Gasteiger partial charge in [-0.05, 0) is 49.7 Å². The van der Waals surface area contributed by atoms with Gasteiger partial charge < -0.3 is 10.2 Å². The number of halogens is 1. The van der Waals surface area contributed by atoms with Gasteiger partial charge in [0.15, 0.2) is 0 Å². The van der Waals surface area contributed by atoms with Gasteiger partial charge in [0.1, 0.15) is 5.69 Å². The molecule has 1 aliphatic rings. The molecule has 1 aromatic heterocycles. The molecule has 26 heavy (non-hydrogen) atoms. The Morgan fingerprint density at radius 1 is 1.19 bits per heavy atom. The van der Waals surface area contributed by atoms with Gasteiger partial charge in [0.2, 0.25) is 0 Å². The maximum absolute atomic E-state index is 12.0. The van der Waals surface area contributed by atoms with Gasteiger partial charge in [0, 0.05) is 49.6 Å². The molecule has 2 heterocycles. The van der Waals surface area contributed by atoms with E-state index in [0.717, 1.165) is 39.1 Å². The van der Waals surface area contributed by atoms with Crippen molar-refractivity contribution in [3.05, 3.63) is 58.9 Å². The summed E-state index contributed by atoms with van der Waals surface area (Å²) < 4.78 is 0. The van der Waals surface area contributed by atoms with E-state index in [1.165, 1.54) is 11.3 Å². The highest BCUT2D eigenvalue weighted by Crippen LogP contribution is 2.17. The number of hydrogen-bond donors (Lipinski definition) is 1. The van der Waals surface area contributed by atoms with Crippen LogP contribution in [0.4, 0.5) is 5.69 Å². The second kappa shape index (κ2) is 9.01. The van der Waals surface area contributed by atoms with Crippen LogP contribution < -0.4 is 10.2 Å². The Labute approximate surface area is 160 Å². The van der Waals surface area contributed by atoms with Crippen LogP contribution in [0.15, 0.2) is 42.6 Å². The standard InChI is InChI=1S/C20H25ClN4O/c1-16-4-2-5-18(14-16)25-12-10-24(11-13-25)9-3-7-23-20(26)19-15-17(21)6-8-22-19/h2,4-6,8,14-15H,3,7,9-13H2,1H3,(H,23,26). The molecule has 1 N–H and O–H groups in total. The molecule has 1 aliphatic heterocycles. The second-order valence-corrected chi connectivity index (χ2v) is 7.07. The van der Waals surface area contributed by atoms with Gasteiger partial charge in [-0.1, -0.05) is 23.7 Å². The van der Waals surface area contributed by atoms with Crippen molar-refractivity contribution in [3.63, 3.8) is 0 Å². The van der Waals surface area contributed by atoms with Crippen molar-refractivity contribution in [2.24, 2.45) is 0 Å². The summed E-state index contributed by atoms with van der Waals surface area (Å²) >= 11 is 5.89. The van der Waals surface area contributed by atoms with Crippen LogP contribution in [0.1, 0.15) is 22.5 Å². The van der Waals surface area contributed by atoms with E-state index >= 15 is 0 Å². The molecule has 0 spiro atoms. The molecule has 138 valence electrons. The highest BCUT2D eigenvalue weighted by Gasteiger charge is 2.17. The fraction of sp³-hybridized carbons (Fsp3) is 0.400. The SMILES string of the molecule is Cc1cccc(N2CCN(CCCNC(=O)c3cc(Cl)ccn3)CC2)c1. The van der Waals surface area contributed by atoms with Gasteiger partial charge in [0.25, 0.3) is 5.91 Å². The Hall–Kier alpha value is -2.11. The minimum atomic E-state index is -0.170. The van der Waals surface area contributed by atoms with Gasteiger partial charge in [-0.25, -0.2) is 0 Å². The molecule has 3 rings (SSSR count). The zero-order valence-electron chi connectivity index (χ0n) is 15.1. The number of amides is 1. The summed E-state index contributed by atoms with van der Waals surface area (Å²) in [6.07, 6.45) is 2.47. The lowest BCUT2D eigenvalue weighted by molar-refractivity contribution is 0.0946. The van der Waals surface area contributed by atoms with Gasteiger partial charge in [-0.3, -0.25) is 14.7 Å². The molecule has 5 nitrogen and oxygen atoms in total. The maximum Gasteiger partial charge on any atom is 0.269 e. The minimum Gasteiger partial charge on any atom is -0.369 e. The van der Waals surface area contributed by atoms with E-state index in [2.05, 4.69) is 51.3 Å². The predicted octanol–water partition coefficient (Wildman–Crippen LogP) is 2.99. The van der Waals surface area contributed by atoms with Gasteiger partial charge in [-0.2, -0.15) is 0 Å². The maximum atomic E-state index is 12.0. The number of carbonyl (C=O) groups is 1. The highest BCUT2D eigenvalue weighted by molar-refractivity contribution is 6.30. The van der Waals surface area contributed by atoms with Crippen LogP contribution in [0.25, 0.3) is 0 Å². The number of aromatic nitrogens is 1. The van der Waals surface area contributed by atoms with Crippen LogP contribution in [0, 0.1) is 6.92 Å². The van der Waals surface area contributed by atoms with Crippen LogP contribution in [-0.2, 0) is 0 Å². The number of pyridine rings is 1. The Morgan fingerprint density at radius 2 is 2.00 bits per heavy atom. The number of rotatable bonds is 6. The second-order valence-electron chi connectivity index (χ2n) is 6.64. The van der Waals surface area contributed by atoms with Crippen LogP contribution in [0.3, 0.4) is 0 Å². The molecule has 2 aromatic rings. The topological polar surface area (TPSA) is 48.5 Å². The lowest BCUT2D eigenvalue weighted by Gasteiger charge is -2.36. The third-order valence-corrected chi connectivity index (χ3v) is 4.87. The fourth-order valence-electron chi connectivity index (χ4n) is 3.18. The first kappa shape index (κ1) is 18.7. The molecular formula is C20H25ClN4O. The number of aryl methyl sites for hydroxylation is 1. The quantitative estimate of drug-likeness (QED) is 0.792. The van der Waals surface area contributed by atoms with Crippen LogP contribution >= 0.6 is 11.6 Å². The number of nitrogens with zero attached hydrogens (tertiary/aromatic N) is 3. The van der Waals surface area contributed by atoms with E-state index in [0.29, 0.717) is 17.3 Å². The summed E-state index contributed by atoms with van der Waals surface area (Å²) in [4.78, 5) is 21.0. The van der Waals surface area contributed by atoms with E-state index in [4.69, 9.17) is 11.6 Å². The molecule has 0 aliphatic carbocycles. The van der Waals surface area contributed by atoms with E-state index in [-0.39, 0.29) is 5.91 Å². The van der Waals surface area contributed by atoms with Crippen molar-refractivity contribution < 1.29 is 4.79 Å². The number of nitrogens with one attached hydrogen (secondary N) is 1. The van der Waals surface area contributed by atoms with Crippen molar-refractivity contribution in [2.45, 2.75) is 13.3 Å². The van der Waals surface area contributed by atoms with Crippen molar-refractivity contribution in [1.29, 1.82) is 0 Å². The lowest BCUT2D eigenvalue weighted by atomic mass is 10.2. The van der Waals surface area contributed by atoms with Crippen molar-refractivity contribution in [2.75, 3.05) is 44.2 Å². The van der Waals surface area contributed by atoms with Gasteiger partial charge >= 0.3 is 0 Å². The molecule has 1 amide bonds. The van der Waals surface area contributed by atoms with Crippen LogP contribution in [0.2, 0.25) is 5.02 Å². The summed E-state index contributed by atoms with van der Waals surface area (Å²) in [6, 6.07) is 11.9. The molecule has 0 radical (unpaired) electrons. The lowest BCUT2D eigenvalue weighted by Crippen LogP contribution is -2.47. The summed E-state index contributed by atoms with van der Waals surface area (Å²) in [5, 5.41) is 3.43. The average molecular weight is 373 g/mol. The van der Waals surface area contributed by atoms with E-state index in [1.807, 2.05) is 0 Å². The zero-order valence-corrected chi connectivity index (χ0v) is 15.9. The molecule has 6 heteroatoms. The molecule has 0 saturated carbocycles. The molecule has 1 aromatic carbocycles. The summed E-state index contributed by atoms with van der Waals surface area (Å²) in [5.74, 6) is -0.170. The first-order chi connectivity index (χ1) is 12.6. The monoisotopic (exact) mass is 372 g/mol. The van der Waals surface area contributed by atoms with Crippen LogP contribution in [0.5, 0.6) is 0 Å². The number of hydrogen-bond acceptors (Lipinski definition) is 4. The molecule has 1 saturated heterocycles. The number of piperazine rings is 1. The smallest absolute Gasteiger partial charge is 0.269 e. The Balaban J connectivity index is 1.36. The minimum absolute atomic E-state index is 0.170. The number of carbonyl (C=O) groups excluding carboxylic acids is 1. The fourth-order valence-corrected chi connectivity index (χ4v) is 3.34. The highest BCUT2D eigenvalue weighted by atomic mass is 35.5. The third-order valence-electron chi connectivity index (χ3n) is 4.63. The van der Waals surface area contributed by atoms with Crippen LogP contribution in [-0.4, -0.2) is 55.1 Å². The summed E-state index contributed by atoms with van der Waals surface area (Å²) in [7, 11) is 0. The predicted molar refractivity (Wildman–Crippen MR) is 106 cm³/mol. The van der Waals surface area contributed by atoms with E-state index in [9.17, 15) is 4.79 Å². The number of benzene rings is 1. The third kappa shape index (κ3) is 5.19. The first-order valence-corrected chi connectivity index (χ1v) is 9.43. The first-order valence-electron chi connectivity index (χ1n) is 9.05. The molecule has 0 atom stereocenters. The largest absolute Gasteiger partial charge is 0.369 e.